The highest BCUT2D eigenvalue weighted by Crippen LogP contribution is 2.19. The molecule has 2 rings (SSSR count). The zero-order valence-electron chi connectivity index (χ0n) is 15.1. The van der Waals surface area contributed by atoms with Gasteiger partial charge in [0, 0.05) is 12.7 Å². The predicted molar refractivity (Wildman–Crippen MR) is 98.9 cm³/mol. The molecule has 0 unspecified atom stereocenters. The number of hydrogen-bond donors (Lipinski definition) is 1. The number of hydrogen-bond acceptors (Lipinski definition) is 3. The minimum atomic E-state index is -0.252. The fourth-order valence-corrected chi connectivity index (χ4v) is 2.45. The molecule has 0 aliphatic carbocycles. The average molecular weight is 340 g/mol. The summed E-state index contributed by atoms with van der Waals surface area (Å²) in [5.74, 6) is 0.156. The van der Waals surface area contributed by atoms with Crippen molar-refractivity contribution in [2.75, 3.05) is 25.5 Å². The Hall–Kier alpha value is -2.82. The van der Waals surface area contributed by atoms with Crippen LogP contribution in [0.1, 0.15) is 16.7 Å². The van der Waals surface area contributed by atoms with Gasteiger partial charge in [0.25, 0.3) is 5.91 Å². The summed E-state index contributed by atoms with van der Waals surface area (Å²) in [7, 11) is 1.59. The second-order valence-corrected chi connectivity index (χ2v) is 6.17. The lowest BCUT2D eigenvalue weighted by atomic mass is 10.1. The molecule has 0 aliphatic heterocycles. The Kier molecular flexibility index (Phi) is 6.17. The van der Waals surface area contributed by atoms with E-state index in [0.717, 1.165) is 22.4 Å². The zero-order chi connectivity index (χ0) is 18.4. The van der Waals surface area contributed by atoms with Gasteiger partial charge in [-0.1, -0.05) is 30.3 Å². The van der Waals surface area contributed by atoms with Crippen molar-refractivity contribution in [2.24, 2.45) is 0 Å². The first-order chi connectivity index (χ1) is 11.9. The number of rotatable bonds is 6. The molecule has 2 aromatic carbocycles. The normalized spacial score (nSPS) is 10.2. The van der Waals surface area contributed by atoms with Gasteiger partial charge in [0.15, 0.2) is 6.61 Å². The van der Waals surface area contributed by atoms with Gasteiger partial charge < -0.3 is 15.0 Å². The van der Waals surface area contributed by atoms with Crippen LogP contribution < -0.4 is 10.1 Å². The number of benzene rings is 2. The number of likely N-dealkylation sites (N-methyl/N-ethyl adjacent to an activating group) is 1. The van der Waals surface area contributed by atoms with Crippen LogP contribution in [0.3, 0.4) is 0 Å². The Bertz CT molecular complexity index is 751. The molecule has 5 nitrogen and oxygen atoms in total. The van der Waals surface area contributed by atoms with E-state index in [1.165, 1.54) is 4.90 Å². The average Bonchev–Trinajstić information content (AvgIpc) is 2.56. The van der Waals surface area contributed by atoms with Crippen LogP contribution in [-0.4, -0.2) is 36.9 Å². The quantitative estimate of drug-likeness (QED) is 0.879. The van der Waals surface area contributed by atoms with Crippen LogP contribution in [0.25, 0.3) is 0 Å². The van der Waals surface area contributed by atoms with Crippen molar-refractivity contribution in [1.29, 1.82) is 0 Å². The van der Waals surface area contributed by atoms with Crippen LogP contribution in [0.2, 0.25) is 0 Å². The molecule has 0 atom stereocenters. The molecule has 1 N–H and O–H groups in total. The van der Waals surface area contributed by atoms with Gasteiger partial charge in [0.2, 0.25) is 5.91 Å². The molecule has 0 fully saturated rings. The minimum absolute atomic E-state index is 0.0240. The molecule has 0 heterocycles. The van der Waals surface area contributed by atoms with Crippen LogP contribution >= 0.6 is 0 Å². The molecule has 0 radical (unpaired) electrons. The summed E-state index contributed by atoms with van der Waals surface area (Å²) in [5, 5.41) is 2.87. The third-order valence-electron chi connectivity index (χ3n) is 3.90. The van der Waals surface area contributed by atoms with E-state index >= 15 is 0 Å². The number of carbonyl (C=O) groups excluding carboxylic acids is 2. The number of amides is 2. The van der Waals surface area contributed by atoms with Crippen LogP contribution in [-0.2, 0) is 9.59 Å². The van der Waals surface area contributed by atoms with E-state index in [1.807, 2.05) is 57.2 Å². The SMILES string of the molecule is Cc1cccc(OCC(=O)N(C)CC(=O)Nc2c(C)cccc2C)c1. The van der Waals surface area contributed by atoms with Gasteiger partial charge in [0.1, 0.15) is 5.75 Å². The smallest absolute Gasteiger partial charge is 0.260 e. The molecular formula is C20H24N2O3. The fourth-order valence-electron chi connectivity index (χ4n) is 2.45. The molecule has 0 saturated heterocycles. The van der Waals surface area contributed by atoms with Gasteiger partial charge in [-0.3, -0.25) is 9.59 Å². The van der Waals surface area contributed by atoms with Crippen LogP contribution in [0.5, 0.6) is 5.75 Å². The largest absolute Gasteiger partial charge is 0.484 e. The van der Waals surface area contributed by atoms with Crippen molar-refractivity contribution in [3.05, 3.63) is 59.2 Å². The molecule has 5 heteroatoms. The Labute approximate surface area is 148 Å². The molecule has 2 amide bonds. The van der Waals surface area contributed by atoms with Crippen molar-refractivity contribution < 1.29 is 14.3 Å². The Morgan fingerprint density at radius 3 is 2.32 bits per heavy atom. The van der Waals surface area contributed by atoms with E-state index in [9.17, 15) is 9.59 Å². The van der Waals surface area contributed by atoms with Gasteiger partial charge >= 0.3 is 0 Å². The molecule has 0 saturated carbocycles. The number of carbonyl (C=O) groups is 2. The predicted octanol–water partition coefficient (Wildman–Crippen LogP) is 3.09. The van der Waals surface area contributed by atoms with Crippen molar-refractivity contribution in [1.82, 2.24) is 4.90 Å². The first-order valence-electron chi connectivity index (χ1n) is 8.16. The third-order valence-corrected chi connectivity index (χ3v) is 3.90. The lowest BCUT2D eigenvalue weighted by Gasteiger charge is -2.18. The van der Waals surface area contributed by atoms with Crippen molar-refractivity contribution in [3.8, 4) is 5.75 Å². The Morgan fingerprint density at radius 2 is 1.68 bits per heavy atom. The molecule has 2 aromatic rings. The molecule has 0 spiro atoms. The number of aryl methyl sites for hydroxylation is 3. The zero-order valence-corrected chi connectivity index (χ0v) is 15.1. The number of ether oxygens (including phenoxy) is 1. The van der Waals surface area contributed by atoms with E-state index in [0.29, 0.717) is 5.75 Å². The van der Waals surface area contributed by atoms with E-state index in [2.05, 4.69) is 5.32 Å². The van der Waals surface area contributed by atoms with E-state index in [-0.39, 0.29) is 25.0 Å². The first-order valence-corrected chi connectivity index (χ1v) is 8.16. The second kappa shape index (κ2) is 8.33. The van der Waals surface area contributed by atoms with Crippen LogP contribution in [0.15, 0.2) is 42.5 Å². The maximum Gasteiger partial charge on any atom is 0.260 e. The highest BCUT2D eigenvalue weighted by atomic mass is 16.5. The van der Waals surface area contributed by atoms with Crippen molar-refractivity contribution in [3.63, 3.8) is 0 Å². The maximum atomic E-state index is 12.2. The van der Waals surface area contributed by atoms with E-state index < -0.39 is 0 Å². The van der Waals surface area contributed by atoms with Crippen molar-refractivity contribution >= 4 is 17.5 Å². The third kappa shape index (κ3) is 5.35. The maximum absolute atomic E-state index is 12.2. The lowest BCUT2D eigenvalue weighted by Crippen LogP contribution is -2.37. The molecule has 0 aliphatic rings. The summed E-state index contributed by atoms with van der Waals surface area (Å²) in [6.07, 6.45) is 0. The minimum Gasteiger partial charge on any atom is -0.484 e. The van der Waals surface area contributed by atoms with E-state index in [1.54, 1.807) is 13.1 Å². The summed E-state index contributed by atoms with van der Waals surface area (Å²) >= 11 is 0. The Morgan fingerprint density at radius 1 is 1.04 bits per heavy atom. The molecule has 25 heavy (non-hydrogen) atoms. The van der Waals surface area contributed by atoms with Crippen LogP contribution in [0, 0.1) is 20.8 Å². The summed E-state index contributed by atoms with van der Waals surface area (Å²) in [6.45, 7) is 5.71. The molecular weight excluding hydrogens is 316 g/mol. The summed E-state index contributed by atoms with van der Waals surface area (Å²) in [5.41, 5.74) is 3.84. The van der Waals surface area contributed by atoms with E-state index in [4.69, 9.17) is 4.74 Å². The van der Waals surface area contributed by atoms with Crippen molar-refractivity contribution in [2.45, 2.75) is 20.8 Å². The van der Waals surface area contributed by atoms with Gasteiger partial charge in [0.05, 0.1) is 6.54 Å². The number of anilines is 1. The monoisotopic (exact) mass is 340 g/mol. The highest BCUT2D eigenvalue weighted by molar-refractivity contribution is 5.95. The summed E-state index contributed by atoms with van der Waals surface area (Å²) in [6, 6.07) is 13.3. The van der Waals surface area contributed by atoms with Gasteiger partial charge in [-0.2, -0.15) is 0 Å². The van der Waals surface area contributed by atoms with Crippen LogP contribution in [0.4, 0.5) is 5.69 Å². The standard InChI is InChI=1S/C20H24N2O3/c1-14-7-5-10-17(11-14)25-13-19(24)22(4)12-18(23)21-20-15(2)8-6-9-16(20)3/h5-11H,12-13H2,1-4H3,(H,21,23). The topological polar surface area (TPSA) is 58.6 Å². The number of nitrogens with zero attached hydrogens (tertiary/aromatic N) is 1. The fraction of sp³-hybridized carbons (Fsp3) is 0.300. The summed E-state index contributed by atoms with van der Waals surface area (Å²) < 4.78 is 5.48. The Balaban J connectivity index is 1.87. The lowest BCUT2D eigenvalue weighted by molar-refractivity contribution is -0.135. The highest BCUT2D eigenvalue weighted by Gasteiger charge is 2.15. The number of para-hydroxylation sites is 1. The van der Waals surface area contributed by atoms with Gasteiger partial charge in [-0.15, -0.1) is 0 Å². The van der Waals surface area contributed by atoms with Gasteiger partial charge in [-0.05, 0) is 49.6 Å². The summed E-state index contributed by atoms with van der Waals surface area (Å²) in [4.78, 5) is 25.7. The second-order valence-electron chi connectivity index (χ2n) is 6.17. The number of nitrogens with one attached hydrogen (secondary N) is 1. The molecule has 0 bridgehead atoms. The molecule has 0 aromatic heterocycles. The van der Waals surface area contributed by atoms with Gasteiger partial charge in [-0.25, -0.2) is 0 Å². The molecule has 132 valence electrons. The first kappa shape index (κ1) is 18.5.